The Kier molecular flexibility index (Phi) is 6.50. The highest BCUT2D eigenvalue weighted by atomic mass is 32.2. The fourth-order valence-corrected chi connectivity index (χ4v) is 4.03. The molecular formula is C25H20N2O3S. The van der Waals surface area contributed by atoms with Gasteiger partial charge in [0.2, 0.25) is 5.91 Å². The maximum Gasteiger partial charge on any atom is 0.291 e. The van der Waals surface area contributed by atoms with Gasteiger partial charge in [0.15, 0.2) is 5.76 Å². The number of benzene rings is 3. The molecule has 4 rings (SSSR count). The summed E-state index contributed by atoms with van der Waals surface area (Å²) in [4.78, 5) is 26.2. The van der Waals surface area contributed by atoms with Crippen LogP contribution in [0.15, 0.2) is 113 Å². The number of nitrogens with one attached hydrogen (secondary N) is 2. The van der Waals surface area contributed by atoms with Crippen molar-refractivity contribution in [2.75, 3.05) is 10.6 Å². The number of hydrogen-bond donors (Lipinski definition) is 2. The van der Waals surface area contributed by atoms with Crippen LogP contribution >= 0.6 is 11.8 Å². The van der Waals surface area contributed by atoms with Gasteiger partial charge in [-0.1, -0.05) is 48.5 Å². The Hall–Kier alpha value is -3.77. The summed E-state index contributed by atoms with van der Waals surface area (Å²) in [5, 5.41) is 5.33. The lowest BCUT2D eigenvalue weighted by Crippen LogP contribution is -2.19. The third-order valence-electron chi connectivity index (χ3n) is 4.49. The number of thioether (sulfide) groups is 1. The van der Waals surface area contributed by atoms with Crippen molar-refractivity contribution in [2.24, 2.45) is 0 Å². The first kappa shape index (κ1) is 20.5. The van der Waals surface area contributed by atoms with Gasteiger partial charge in [0, 0.05) is 16.3 Å². The molecule has 0 radical (unpaired) electrons. The number of amides is 2. The average Bonchev–Trinajstić information content (AvgIpc) is 3.35. The molecule has 1 atom stereocenters. The van der Waals surface area contributed by atoms with Gasteiger partial charge < -0.3 is 15.1 Å². The molecule has 0 aliphatic carbocycles. The summed E-state index contributed by atoms with van der Waals surface area (Å²) in [7, 11) is 0. The number of anilines is 2. The van der Waals surface area contributed by atoms with Crippen LogP contribution < -0.4 is 10.6 Å². The Morgan fingerprint density at radius 3 is 1.94 bits per heavy atom. The Morgan fingerprint density at radius 1 is 0.710 bits per heavy atom. The summed E-state index contributed by atoms with van der Waals surface area (Å²) in [6.07, 6.45) is 1.45. The van der Waals surface area contributed by atoms with Crippen LogP contribution in [0.3, 0.4) is 0 Å². The third kappa shape index (κ3) is 5.43. The van der Waals surface area contributed by atoms with Gasteiger partial charge in [-0.15, -0.1) is 11.8 Å². The van der Waals surface area contributed by atoms with Crippen LogP contribution in [0.5, 0.6) is 0 Å². The summed E-state index contributed by atoms with van der Waals surface area (Å²) in [6.45, 7) is 0. The van der Waals surface area contributed by atoms with Crippen LogP contribution in [0.25, 0.3) is 0 Å². The van der Waals surface area contributed by atoms with Crippen molar-refractivity contribution < 1.29 is 14.0 Å². The first-order valence-corrected chi connectivity index (χ1v) is 10.6. The average molecular weight is 429 g/mol. The number of hydrogen-bond acceptors (Lipinski definition) is 4. The van der Waals surface area contributed by atoms with Crippen LogP contribution in [0.4, 0.5) is 11.4 Å². The summed E-state index contributed by atoms with van der Waals surface area (Å²) in [6, 6.07) is 29.8. The Morgan fingerprint density at radius 2 is 1.32 bits per heavy atom. The molecule has 31 heavy (non-hydrogen) atoms. The second-order valence-electron chi connectivity index (χ2n) is 6.72. The lowest BCUT2D eigenvalue weighted by Gasteiger charge is -2.17. The van der Waals surface area contributed by atoms with E-state index < -0.39 is 5.25 Å². The van der Waals surface area contributed by atoms with Crippen LogP contribution in [0.2, 0.25) is 0 Å². The topological polar surface area (TPSA) is 71.3 Å². The molecule has 0 saturated heterocycles. The number of carbonyl (C=O) groups excluding carboxylic acids is 2. The molecule has 154 valence electrons. The monoisotopic (exact) mass is 428 g/mol. The molecule has 0 fully saturated rings. The SMILES string of the molecule is O=C(Nc1ccc(NC(=O)C(Sc2ccccc2)c2ccccc2)cc1)c1ccco1. The molecule has 0 aliphatic rings. The number of rotatable bonds is 7. The minimum Gasteiger partial charge on any atom is -0.459 e. The largest absolute Gasteiger partial charge is 0.459 e. The van der Waals surface area contributed by atoms with Crippen molar-refractivity contribution in [2.45, 2.75) is 10.1 Å². The third-order valence-corrected chi connectivity index (χ3v) is 5.76. The molecule has 0 spiro atoms. The molecule has 3 aromatic carbocycles. The van der Waals surface area contributed by atoms with Gasteiger partial charge in [0.25, 0.3) is 5.91 Å². The molecule has 6 heteroatoms. The van der Waals surface area contributed by atoms with Crippen molar-refractivity contribution in [3.63, 3.8) is 0 Å². The molecule has 4 aromatic rings. The molecule has 2 amide bonds. The van der Waals surface area contributed by atoms with Gasteiger partial charge in [-0.2, -0.15) is 0 Å². The van der Waals surface area contributed by atoms with E-state index in [-0.39, 0.29) is 17.6 Å². The Bertz CT molecular complexity index is 1130. The molecule has 0 saturated carbocycles. The quantitative estimate of drug-likeness (QED) is 0.354. The normalized spacial score (nSPS) is 11.5. The van der Waals surface area contributed by atoms with Gasteiger partial charge in [-0.3, -0.25) is 9.59 Å². The Labute approximate surface area is 184 Å². The molecular weight excluding hydrogens is 408 g/mol. The van der Waals surface area contributed by atoms with Gasteiger partial charge >= 0.3 is 0 Å². The summed E-state index contributed by atoms with van der Waals surface area (Å²) in [5.74, 6) is -0.210. The fraction of sp³-hybridized carbons (Fsp3) is 0.0400. The molecule has 0 bridgehead atoms. The van der Waals surface area contributed by atoms with Crippen molar-refractivity contribution >= 4 is 35.0 Å². The zero-order valence-electron chi connectivity index (χ0n) is 16.5. The van der Waals surface area contributed by atoms with Gasteiger partial charge in [0.05, 0.1) is 6.26 Å². The zero-order chi connectivity index (χ0) is 21.5. The number of furan rings is 1. The van der Waals surface area contributed by atoms with Crippen molar-refractivity contribution in [1.29, 1.82) is 0 Å². The highest BCUT2D eigenvalue weighted by Crippen LogP contribution is 2.36. The van der Waals surface area contributed by atoms with Crippen LogP contribution in [0.1, 0.15) is 21.4 Å². The summed E-state index contributed by atoms with van der Waals surface area (Å²) < 4.78 is 5.09. The van der Waals surface area contributed by atoms with Crippen LogP contribution in [0, 0.1) is 0 Å². The lowest BCUT2D eigenvalue weighted by atomic mass is 10.1. The van der Waals surface area contributed by atoms with E-state index in [1.807, 2.05) is 60.7 Å². The molecule has 2 N–H and O–H groups in total. The van der Waals surface area contributed by atoms with E-state index in [0.717, 1.165) is 10.5 Å². The minimum atomic E-state index is -0.401. The first-order valence-electron chi connectivity index (χ1n) is 9.71. The van der Waals surface area contributed by atoms with Gasteiger partial charge in [-0.25, -0.2) is 0 Å². The molecule has 5 nitrogen and oxygen atoms in total. The maximum atomic E-state index is 13.1. The minimum absolute atomic E-state index is 0.118. The second kappa shape index (κ2) is 9.82. The highest BCUT2D eigenvalue weighted by molar-refractivity contribution is 8.00. The van der Waals surface area contributed by atoms with Crippen molar-refractivity contribution in [3.05, 3.63) is 115 Å². The van der Waals surface area contributed by atoms with Crippen LogP contribution in [-0.4, -0.2) is 11.8 Å². The second-order valence-corrected chi connectivity index (χ2v) is 7.90. The van der Waals surface area contributed by atoms with E-state index in [9.17, 15) is 9.59 Å². The predicted octanol–water partition coefficient (Wildman–Crippen LogP) is 6.00. The standard InChI is InChI=1S/C25H20N2O3S/c28-24(22-12-7-17-30-22)26-19-13-15-20(16-14-19)27-25(29)23(18-8-3-1-4-9-18)31-21-10-5-2-6-11-21/h1-17,23H,(H,26,28)(H,27,29). The van der Waals surface area contributed by atoms with E-state index in [4.69, 9.17) is 4.42 Å². The Balaban J connectivity index is 1.46. The molecule has 1 heterocycles. The first-order chi connectivity index (χ1) is 15.2. The van der Waals surface area contributed by atoms with E-state index >= 15 is 0 Å². The fourth-order valence-electron chi connectivity index (χ4n) is 2.98. The maximum absolute atomic E-state index is 13.1. The van der Waals surface area contributed by atoms with E-state index in [0.29, 0.717) is 11.4 Å². The van der Waals surface area contributed by atoms with Crippen LogP contribution in [-0.2, 0) is 4.79 Å². The van der Waals surface area contributed by atoms with Gasteiger partial charge in [-0.05, 0) is 54.1 Å². The molecule has 1 unspecified atom stereocenters. The lowest BCUT2D eigenvalue weighted by molar-refractivity contribution is -0.115. The van der Waals surface area contributed by atoms with Gasteiger partial charge in [0.1, 0.15) is 5.25 Å². The smallest absolute Gasteiger partial charge is 0.291 e. The number of carbonyl (C=O) groups is 2. The summed E-state index contributed by atoms with van der Waals surface area (Å²) >= 11 is 1.50. The summed E-state index contributed by atoms with van der Waals surface area (Å²) in [5.41, 5.74) is 2.18. The molecule has 1 aromatic heterocycles. The van der Waals surface area contributed by atoms with Crippen molar-refractivity contribution in [3.8, 4) is 0 Å². The molecule has 0 aliphatic heterocycles. The predicted molar refractivity (Wildman–Crippen MR) is 123 cm³/mol. The zero-order valence-corrected chi connectivity index (χ0v) is 17.3. The van der Waals surface area contributed by atoms with E-state index in [1.54, 1.807) is 36.4 Å². The van der Waals surface area contributed by atoms with E-state index in [1.165, 1.54) is 18.0 Å². The highest BCUT2D eigenvalue weighted by Gasteiger charge is 2.22. The van der Waals surface area contributed by atoms with Crippen molar-refractivity contribution in [1.82, 2.24) is 0 Å². The van der Waals surface area contributed by atoms with E-state index in [2.05, 4.69) is 10.6 Å².